The smallest absolute Gasteiger partial charge is 0.0632 e. The normalized spacial score (nSPS) is 16.8. The highest BCUT2D eigenvalue weighted by Gasteiger charge is 1.94. The standard InChI is InChI=1S/C10H13N/c1-9-5-3-4-6-10(7-9)8-11-2/h3-4,6-7H,2,5,8H2,1H3. The van der Waals surface area contributed by atoms with Crippen molar-refractivity contribution in [3.8, 4) is 0 Å². The van der Waals surface area contributed by atoms with Crippen molar-refractivity contribution in [2.75, 3.05) is 6.54 Å². The summed E-state index contributed by atoms with van der Waals surface area (Å²) in [5.41, 5.74) is 2.62. The van der Waals surface area contributed by atoms with Gasteiger partial charge in [-0.15, -0.1) is 0 Å². The summed E-state index contributed by atoms with van der Waals surface area (Å²) in [6.45, 7) is 6.32. The molecule has 0 saturated heterocycles. The first-order valence-electron chi connectivity index (χ1n) is 3.78. The maximum atomic E-state index is 3.84. The van der Waals surface area contributed by atoms with E-state index in [9.17, 15) is 0 Å². The molecular weight excluding hydrogens is 134 g/mol. The summed E-state index contributed by atoms with van der Waals surface area (Å²) in [5, 5.41) is 0. The Bertz CT molecular complexity index is 231. The van der Waals surface area contributed by atoms with Gasteiger partial charge in [0.05, 0.1) is 6.54 Å². The molecule has 0 atom stereocenters. The molecule has 0 aliphatic heterocycles. The summed E-state index contributed by atoms with van der Waals surface area (Å²) < 4.78 is 0. The largest absolute Gasteiger partial charge is 0.296 e. The molecule has 1 aliphatic carbocycles. The van der Waals surface area contributed by atoms with Gasteiger partial charge in [-0.1, -0.05) is 29.9 Å². The van der Waals surface area contributed by atoms with Crippen LogP contribution in [-0.2, 0) is 0 Å². The Morgan fingerprint density at radius 1 is 1.64 bits per heavy atom. The molecule has 0 radical (unpaired) electrons. The maximum Gasteiger partial charge on any atom is 0.0632 e. The first kappa shape index (κ1) is 7.99. The number of nitrogens with zero attached hydrogens (tertiary/aromatic N) is 1. The molecule has 0 fully saturated rings. The van der Waals surface area contributed by atoms with E-state index in [4.69, 9.17) is 0 Å². The van der Waals surface area contributed by atoms with Crippen LogP contribution < -0.4 is 0 Å². The number of allylic oxidation sites excluding steroid dienone is 4. The molecule has 0 N–H and O–H groups in total. The van der Waals surface area contributed by atoms with E-state index in [2.05, 4.69) is 42.9 Å². The second kappa shape index (κ2) is 3.91. The number of aliphatic imine (C=N–C) groups is 1. The minimum absolute atomic E-state index is 0.724. The molecule has 0 amide bonds. The van der Waals surface area contributed by atoms with Crippen LogP contribution in [0.5, 0.6) is 0 Å². The lowest BCUT2D eigenvalue weighted by atomic mass is 10.1. The summed E-state index contributed by atoms with van der Waals surface area (Å²) in [5.74, 6) is 0. The Kier molecular flexibility index (Phi) is 2.84. The fraction of sp³-hybridized carbons (Fsp3) is 0.300. The lowest BCUT2D eigenvalue weighted by molar-refractivity contribution is 1.16. The summed E-state index contributed by atoms with van der Waals surface area (Å²) in [6.07, 6.45) is 9.55. The fourth-order valence-corrected chi connectivity index (χ4v) is 1.10. The van der Waals surface area contributed by atoms with Crippen molar-refractivity contribution >= 4 is 6.72 Å². The monoisotopic (exact) mass is 147 g/mol. The minimum Gasteiger partial charge on any atom is -0.296 e. The molecule has 0 unspecified atom stereocenters. The Morgan fingerprint density at radius 2 is 2.45 bits per heavy atom. The molecular formula is C10H13N. The Hall–Kier alpha value is -1.11. The average Bonchev–Trinajstić information content (AvgIpc) is 2.15. The predicted octanol–water partition coefficient (Wildman–Crippen LogP) is 2.52. The highest BCUT2D eigenvalue weighted by molar-refractivity contribution is 5.34. The molecule has 1 aliphatic rings. The molecule has 58 valence electrons. The van der Waals surface area contributed by atoms with Crippen molar-refractivity contribution in [3.05, 3.63) is 35.5 Å². The third-order valence-electron chi connectivity index (χ3n) is 1.61. The van der Waals surface area contributed by atoms with E-state index in [-0.39, 0.29) is 0 Å². The molecule has 11 heavy (non-hydrogen) atoms. The van der Waals surface area contributed by atoms with Gasteiger partial charge in [0.25, 0.3) is 0 Å². The van der Waals surface area contributed by atoms with E-state index in [0.29, 0.717) is 0 Å². The number of hydrogen-bond donors (Lipinski definition) is 0. The average molecular weight is 147 g/mol. The second-order valence-electron chi connectivity index (χ2n) is 2.75. The van der Waals surface area contributed by atoms with Crippen LogP contribution in [0.25, 0.3) is 0 Å². The molecule has 1 nitrogen and oxygen atoms in total. The predicted molar refractivity (Wildman–Crippen MR) is 50.0 cm³/mol. The molecule has 0 saturated carbocycles. The van der Waals surface area contributed by atoms with E-state index in [0.717, 1.165) is 13.0 Å². The maximum absolute atomic E-state index is 3.84. The molecule has 0 heterocycles. The van der Waals surface area contributed by atoms with Gasteiger partial charge < -0.3 is 0 Å². The number of rotatable bonds is 2. The zero-order valence-electron chi connectivity index (χ0n) is 6.88. The van der Waals surface area contributed by atoms with Gasteiger partial charge in [-0.3, -0.25) is 4.99 Å². The van der Waals surface area contributed by atoms with Gasteiger partial charge in [0.15, 0.2) is 0 Å². The molecule has 0 spiro atoms. The zero-order valence-corrected chi connectivity index (χ0v) is 6.88. The third kappa shape index (κ3) is 2.54. The molecule has 0 aromatic rings. The van der Waals surface area contributed by atoms with Gasteiger partial charge in [0.1, 0.15) is 0 Å². The molecule has 0 bridgehead atoms. The summed E-state index contributed by atoms with van der Waals surface area (Å²) in [6, 6.07) is 0. The van der Waals surface area contributed by atoms with Gasteiger partial charge in [0.2, 0.25) is 0 Å². The van der Waals surface area contributed by atoms with Gasteiger partial charge in [-0.05, 0) is 25.6 Å². The van der Waals surface area contributed by atoms with E-state index in [1.807, 2.05) is 0 Å². The van der Waals surface area contributed by atoms with Crippen LogP contribution in [0.3, 0.4) is 0 Å². The van der Waals surface area contributed by atoms with Gasteiger partial charge in [-0.25, -0.2) is 0 Å². The highest BCUT2D eigenvalue weighted by atomic mass is 14.7. The van der Waals surface area contributed by atoms with Crippen molar-refractivity contribution in [1.29, 1.82) is 0 Å². The Morgan fingerprint density at radius 3 is 3.18 bits per heavy atom. The van der Waals surface area contributed by atoms with Crippen LogP contribution >= 0.6 is 0 Å². The fourth-order valence-electron chi connectivity index (χ4n) is 1.10. The van der Waals surface area contributed by atoms with Crippen LogP contribution in [0.15, 0.2) is 40.4 Å². The van der Waals surface area contributed by atoms with Crippen molar-refractivity contribution < 1.29 is 0 Å². The SMILES string of the molecule is C=NCC1=CC=CCC(C)=C1. The molecule has 0 aromatic heterocycles. The van der Waals surface area contributed by atoms with Crippen LogP contribution in [-0.4, -0.2) is 13.3 Å². The molecule has 0 aromatic carbocycles. The van der Waals surface area contributed by atoms with E-state index in [1.165, 1.54) is 11.1 Å². The number of hydrogen-bond acceptors (Lipinski definition) is 1. The van der Waals surface area contributed by atoms with Crippen LogP contribution in [0.2, 0.25) is 0 Å². The first-order chi connectivity index (χ1) is 5.33. The quantitative estimate of drug-likeness (QED) is 0.532. The van der Waals surface area contributed by atoms with Gasteiger partial charge >= 0.3 is 0 Å². The summed E-state index contributed by atoms with van der Waals surface area (Å²) >= 11 is 0. The lowest BCUT2D eigenvalue weighted by Gasteiger charge is -1.95. The Labute approximate surface area is 67.8 Å². The van der Waals surface area contributed by atoms with E-state index >= 15 is 0 Å². The summed E-state index contributed by atoms with van der Waals surface area (Å²) in [4.78, 5) is 3.84. The highest BCUT2D eigenvalue weighted by Crippen LogP contribution is 2.11. The van der Waals surface area contributed by atoms with Crippen molar-refractivity contribution in [3.63, 3.8) is 0 Å². The van der Waals surface area contributed by atoms with Gasteiger partial charge in [-0.2, -0.15) is 0 Å². The van der Waals surface area contributed by atoms with Crippen molar-refractivity contribution in [1.82, 2.24) is 0 Å². The zero-order chi connectivity index (χ0) is 8.10. The van der Waals surface area contributed by atoms with Crippen LogP contribution in [0, 0.1) is 0 Å². The second-order valence-corrected chi connectivity index (χ2v) is 2.75. The van der Waals surface area contributed by atoms with E-state index in [1.54, 1.807) is 0 Å². The third-order valence-corrected chi connectivity index (χ3v) is 1.61. The lowest BCUT2D eigenvalue weighted by Crippen LogP contribution is -1.83. The van der Waals surface area contributed by atoms with Crippen molar-refractivity contribution in [2.24, 2.45) is 4.99 Å². The summed E-state index contributed by atoms with van der Waals surface area (Å²) in [7, 11) is 0. The van der Waals surface area contributed by atoms with Crippen LogP contribution in [0.1, 0.15) is 13.3 Å². The van der Waals surface area contributed by atoms with Gasteiger partial charge in [0, 0.05) is 0 Å². The topological polar surface area (TPSA) is 12.4 Å². The first-order valence-corrected chi connectivity index (χ1v) is 3.78. The molecule has 1 rings (SSSR count). The molecule has 1 heteroatoms. The van der Waals surface area contributed by atoms with E-state index < -0.39 is 0 Å². The van der Waals surface area contributed by atoms with Crippen molar-refractivity contribution in [2.45, 2.75) is 13.3 Å². The minimum atomic E-state index is 0.724. The van der Waals surface area contributed by atoms with Crippen LogP contribution in [0.4, 0.5) is 0 Å². The Balaban J connectivity index is 2.75.